The molecule has 1 rings (SSSR count). The molecule has 1 aromatic carbocycles. The van der Waals surface area contributed by atoms with Gasteiger partial charge < -0.3 is 5.32 Å². The number of rotatable bonds is 6. The van der Waals surface area contributed by atoms with Crippen LogP contribution in [0.25, 0.3) is 0 Å². The lowest BCUT2D eigenvalue weighted by atomic mass is 9.96. The van der Waals surface area contributed by atoms with Crippen molar-refractivity contribution in [3.63, 3.8) is 0 Å². The molecule has 108 valence electrons. The predicted octanol–water partition coefficient (Wildman–Crippen LogP) is 2.30. The first kappa shape index (κ1) is 16.0. The van der Waals surface area contributed by atoms with Crippen molar-refractivity contribution in [3.05, 3.63) is 35.4 Å². The van der Waals surface area contributed by atoms with Gasteiger partial charge in [0.2, 0.25) is 0 Å². The van der Waals surface area contributed by atoms with Gasteiger partial charge in [0.25, 0.3) is 0 Å². The Kier molecular flexibility index (Phi) is 5.43. The highest BCUT2D eigenvalue weighted by atomic mass is 32.2. The first-order valence-corrected chi connectivity index (χ1v) is 8.13. The molecule has 0 unspecified atom stereocenters. The lowest BCUT2D eigenvalue weighted by molar-refractivity contribution is 0.417. The van der Waals surface area contributed by atoms with E-state index in [1.165, 1.54) is 6.07 Å². The van der Waals surface area contributed by atoms with Gasteiger partial charge in [-0.15, -0.1) is 0 Å². The zero-order valence-electron chi connectivity index (χ0n) is 11.3. The summed E-state index contributed by atoms with van der Waals surface area (Å²) in [6.45, 7) is 4.14. The van der Waals surface area contributed by atoms with Crippen LogP contribution in [0.1, 0.15) is 25.5 Å². The smallest absolute Gasteiger partial charge is 0.159 e. The van der Waals surface area contributed by atoms with Crippen LogP contribution in [-0.2, 0) is 9.84 Å². The Hall–Kier alpha value is -1.01. The van der Waals surface area contributed by atoms with Crippen LogP contribution >= 0.6 is 0 Å². The minimum atomic E-state index is -3.04. The maximum atomic E-state index is 13.2. The summed E-state index contributed by atoms with van der Waals surface area (Å²) < 4.78 is 48.2. The van der Waals surface area contributed by atoms with E-state index < -0.39 is 21.5 Å². The van der Waals surface area contributed by atoms with Crippen molar-refractivity contribution in [1.29, 1.82) is 0 Å². The average molecular weight is 291 g/mol. The topological polar surface area (TPSA) is 46.2 Å². The van der Waals surface area contributed by atoms with Crippen LogP contribution in [0.15, 0.2) is 18.2 Å². The monoisotopic (exact) mass is 291 g/mol. The Bertz CT molecular complexity index is 529. The lowest BCUT2D eigenvalue weighted by Crippen LogP contribution is -2.30. The fourth-order valence-electron chi connectivity index (χ4n) is 1.84. The number of benzene rings is 1. The van der Waals surface area contributed by atoms with Crippen LogP contribution in [0, 0.1) is 17.6 Å². The maximum Gasteiger partial charge on any atom is 0.159 e. The molecule has 1 aromatic rings. The van der Waals surface area contributed by atoms with E-state index in [2.05, 4.69) is 5.32 Å². The van der Waals surface area contributed by atoms with Gasteiger partial charge in [-0.3, -0.25) is 0 Å². The summed E-state index contributed by atoms with van der Waals surface area (Å²) >= 11 is 0. The van der Waals surface area contributed by atoms with E-state index in [0.717, 1.165) is 18.4 Å². The SMILES string of the molecule is CC(C)[C@@H](NCCS(C)(=O)=O)c1ccc(F)c(F)c1. The largest absolute Gasteiger partial charge is 0.309 e. The van der Waals surface area contributed by atoms with Gasteiger partial charge in [-0.05, 0) is 23.6 Å². The first-order chi connectivity index (χ1) is 8.70. The Morgan fingerprint density at radius 1 is 1.21 bits per heavy atom. The fraction of sp³-hybridized carbons (Fsp3) is 0.538. The molecule has 0 fully saturated rings. The third-order valence-corrected chi connectivity index (χ3v) is 3.75. The summed E-state index contributed by atoms with van der Waals surface area (Å²) in [5, 5.41) is 3.07. The Labute approximate surface area is 112 Å². The molecular weight excluding hydrogens is 272 g/mol. The minimum absolute atomic E-state index is 0.0138. The van der Waals surface area contributed by atoms with Gasteiger partial charge in [0.15, 0.2) is 11.6 Å². The van der Waals surface area contributed by atoms with Gasteiger partial charge in [-0.1, -0.05) is 19.9 Å². The second kappa shape index (κ2) is 6.43. The van der Waals surface area contributed by atoms with E-state index in [0.29, 0.717) is 5.56 Å². The van der Waals surface area contributed by atoms with Crippen LogP contribution in [0.3, 0.4) is 0 Å². The van der Waals surface area contributed by atoms with Crippen LogP contribution in [0.2, 0.25) is 0 Å². The molecule has 0 aliphatic rings. The van der Waals surface area contributed by atoms with Crippen LogP contribution in [-0.4, -0.2) is 27.0 Å². The van der Waals surface area contributed by atoms with Crippen molar-refractivity contribution in [2.45, 2.75) is 19.9 Å². The standard InChI is InChI=1S/C13H19F2NO2S/c1-9(2)13(16-6-7-19(3,17)18)10-4-5-11(14)12(15)8-10/h4-5,8-9,13,16H,6-7H2,1-3H3/t13-/m1/s1. The molecule has 0 spiro atoms. The highest BCUT2D eigenvalue weighted by Gasteiger charge is 2.17. The summed E-state index contributed by atoms with van der Waals surface area (Å²) in [4.78, 5) is 0. The summed E-state index contributed by atoms with van der Waals surface area (Å²) in [5.74, 6) is -1.64. The van der Waals surface area contributed by atoms with Gasteiger partial charge >= 0.3 is 0 Å². The van der Waals surface area contributed by atoms with Gasteiger partial charge in [0, 0.05) is 18.8 Å². The quantitative estimate of drug-likeness (QED) is 0.875. The molecule has 1 atom stereocenters. The summed E-state index contributed by atoms with van der Waals surface area (Å²) in [6, 6.07) is 3.53. The van der Waals surface area contributed by atoms with E-state index in [1.54, 1.807) is 0 Å². The second-order valence-electron chi connectivity index (χ2n) is 4.98. The predicted molar refractivity (Wildman–Crippen MR) is 71.7 cm³/mol. The molecule has 19 heavy (non-hydrogen) atoms. The summed E-state index contributed by atoms with van der Waals surface area (Å²) in [5.41, 5.74) is 0.613. The molecule has 0 amide bonds. The molecule has 0 aliphatic carbocycles. The summed E-state index contributed by atoms with van der Waals surface area (Å²) in [6.07, 6.45) is 1.16. The van der Waals surface area contributed by atoms with Crippen molar-refractivity contribution in [2.24, 2.45) is 5.92 Å². The molecule has 3 nitrogen and oxygen atoms in total. The van der Waals surface area contributed by atoms with E-state index in [4.69, 9.17) is 0 Å². The van der Waals surface area contributed by atoms with Crippen LogP contribution < -0.4 is 5.32 Å². The molecule has 0 aromatic heterocycles. The van der Waals surface area contributed by atoms with Crippen molar-refractivity contribution in [2.75, 3.05) is 18.6 Å². The van der Waals surface area contributed by atoms with Crippen molar-refractivity contribution in [3.8, 4) is 0 Å². The van der Waals surface area contributed by atoms with E-state index in [1.807, 2.05) is 13.8 Å². The Morgan fingerprint density at radius 2 is 1.84 bits per heavy atom. The maximum absolute atomic E-state index is 13.2. The Morgan fingerprint density at radius 3 is 2.32 bits per heavy atom. The average Bonchev–Trinajstić information content (AvgIpc) is 2.26. The zero-order valence-corrected chi connectivity index (χ0v) is 12.1. The number of nitrogens with one attached hydrogen (secondary N) is 1. The first-order valence-electron chi connectivity index (χ1n) is 6.07. The molecule has 6 heteroatoms. The number of hydrogen-bond donors (Lipinski definition) is 1. The zero-order chi connectivity index (χ0) is 14.6. The molecule has 0 saturated carbocycles. The lowest BCUT2D eigenvalue weighted by Gasteiger charge is -2.23. The van der Waals surface area contributed by atoms with Crippen molar-refractivity contribution in [1.82, 2.24) is 5.32 Å². The molecule has 0 heterocycles. The number of hydrogen-bond acceptors (Lipinski definition) is 3. The molecule has 0 saturated heterocycles. The van der Waals surface area contributed by atoms with E-state index >= 15 is 0 Å². The third kappa shape index (κ3) is 5.24. The number of halogens is 2. The van der Waals surface area contributed by atoms with E-state index in [-0.39, 0.29) is 24.3 Å². The highest BCUT2D eigenvalue weighted by Crippen LogP contribution is 2.23. The second-order valence-corrected chi connectivity index (χ2v) is 7.24. The molecular formula is C13H19F2NO2S. The third-order valence-electron chi connectivity index (χ3n) is 2.81. The minimum Gasteiger partial charge on any atom is -0.309 e. The molecule has 0 aliphatic heterocycles. The summed E-state index contributed by atoms with van der Waals surface area (Å²) in [7, 11) is -3.04. The van der Waals surface area contributed by atoms with E-state index in [9.17, 15) is 17.2 Å². The normalized spacial score (nSPS) is 13.8. The van der Waals surface area contributed by atoms with Gasteiger partial charge in [0.1, 0.15) is 9.84 Å². The fourth-order valence-corrected chi connectivity index (χ4v) is 2.33. The van der Waals surface area contributed by atoms with Gasteiger partial charge in [0.05, 0.1) is 5.75 Å². The molecule has 0 radical (unpaired) electrons. The van der Waals surface area contributed by atoms with Gasteiger partial charge in [-0.25, -0.2) is 17.2 Å². The van der Waals surface area contributed by atoms with Gasteiger partial charge in [-0.2, -0.15) is 0 Å². The van der Waals surface area contributed by atoms with Crippen molar-refractivity contribution >= 4 is 9.84 Å². The van der Waals surface area contributed by atoms with Crippen LogP contribution in [0.4, 0.5) is 8.78 Å². The number of sulfone groups is 1. The Balaban J connectivity index is 2.80. The molecule has 0 bridgehead atoms. The van der Waals surface area contributed by atoms with Crippen LogP contribution in [0.5, 0.6) is 0 Å². The molecule has 1 N–H and O–H groups in total. The van der Waals surface area contributed by atoms with Crippen molar-refractivity contribution < 1.29 is 17.2 Å². The highest BCUT2D eigenvalue weighted by molar-refractivity contribution is 7.90.